The second kappa shape index (κ2) is 5.92. The maximum Gasteiger partial charge on any atom is 0.303 e. The van der Waals surface area contributed by atoms with E-state index < -0.39 is 5.97 Å². The minimum Gasteiger partial charge on any atom is -0.481 e. The van der Waals surface area contributed by atoms with Crippen molar-refractivity contribution >= 4 is 23.4 Å². The summed E-state index contributed by atoms with van der Waals surface area (Å²) in [5.74, 6) is -1.02. The van der Waals surface area contributed by atoms with Gasteiger partial charge in [-0.25, -0.2) is 0 Å². The van der Waals surface area contributed by atoms with Crippen molar-refractivity contribution in [2.75, 3.05) is 0 Å². The number of rotatable bonds is 5. The highest BCUT2D eigenvalue weighted by Crippen LogP contribution is 2.20. The summed E-state index contributed by atoms with van der Waals surface area (Å²) in [6.45, 7) is 0. The summed E-state index contributed by atoms with van der Waals surface area (Å²) in [6.07, 6.45) is 0.430. The van der Waals surface area contributed by atoms with Gasteiger partial charge in [0.05, 0.1) is 17.1 Å². The van der Waals surface area contributed by atoms with Gasteiger partial charge < -0.3 is 9.67 Å². The fraction of sp³-hybridized carbons (Fsp3) is 0.200. The lowest BCUT2D eigenvalue weighted by atomic mass is 10.1. The molecule has 0 aliphatic carbocycles. The van der Waals surface area contributed by atoms with Crippen LogP contribution in [-0.4, -0.2) is 21.4 Å². The van der Waals surface area contributed by atoms with Gasteiger partial charge in [0.25, 0.3) is 0 Å². The molecule has 0 bridgehead atoms. The van der Waals surface area contributed by atoms with Crippen LogP contribution in [0.3, 0.4) is 0 Å². The largest absolute Gasteiger partial charge is 0.481 e. The summed E-state index contributed by atoms with van der Waals surface area (Å²) in [6, 6.07) is 10.3. The molecule has 0 saturated carbocycles. The zero-order valence-electron chi connectivity index (χ0n) is 11.0. The molecule has 1 aromatic heterocycles. The highest BCUT2D eigenvalue weighted by Gasteiger charge is 2.17. The molecule has 0 aliphatic heterocycles. The van der Waals surface area contributed by atoms with Crippen molar-refractivity contribution in [2.45, 2.75) is 12.8 Å². The smallest absolute Gasteiger partial charge is 0.303 e. The van der Waals surface area contributed by atoms with Crippen LogP contribution >= 0.6 is 11.6 Å². The molecule has 0 aliphatic rings. The van der Waals surface area contributed by atoms with Crippen molar-refractivity contribution in [2.24, 2.45) is 7.05 Å². The van der Waals surface area contributed by atoms with Crippen LogP contribution in [0.25, 0.3) is 0 Å². The molecule has 4 nitrogen and oxygen atoms in total. The Morgan fingerprint density at radius 2 is 1.90 bits per heavy atom. The van der Waals surface area contributed by atoms with Gasteiger partial charge in [0.1, 0.15) is 0 Å². The predicted molar refractivity (Wildman–Crippen MR) is 76.3 cm³/mol. The minimum atomic E-state index is -0.856. The Balaban J connectivity index is 2.28. The summed E-state index contributed by atoms with van der Waals surface area (Å²) in [7, 11) is 1.75. The molecule has 2 aromatic rings. The number of carboxylic acids is 1. The van der Waals surface area contributed by atoms with Gasteiger partial charge >= 0.3 is 5.97 Å². The molecule has 0 fully saturated rings. The number of halogens is 1. The molecule has 0 spiro atoms. The molecule has 20 heavy (non-hydrogen) atoms. The first-order valence-corrected chi connectivity index (χ1v) is 6.54. The molecule has 1 aromatic carbocycles. The summed E-state index contributed by atoms with van der Waals surface area (Å²) in [5.41, 5.74) is 1.75. The van der Waals surface area contributed by atoms with Crippen LogP contribution in [-0.2, 0) is 18.3 Å². The van der Waals surface area contributed by atoms with E-state index in [4.69, 9.17) is 16.7 Å². The van der Waals surface area contributed by atoms with Crippen molar-refractivity contribution in [3.63, 3.8) is 0 Å². The van der Waals surface area contributed by atoms with Gasteiger partial charge in [0, 0.05) is 18.3 Å². The van der Waals surface area contributed by atoms with Gasteiger partial charge in [-0.15, -0.1) is 0 Å². The Bertz CT molecular complexity index is 661. The molecular formula is C15H14ClNO3. The molecule has 1 N–H and O–H groups in total. The Morgan fingerprint density at radius 1 is 1.20 bits per heavy atom. The van der Waals surface area contributed by atoms with E-state index in [2.05, 4.69) is 0 Å². The number of aromatic nitrogens is 1. The van der Waals surface area contributed by atoms with E-state index in [1.54, 1.807) is 48.0 Å². The van der Waals surface area contributed by atoms with Crippen molar-refractivity contribution in [1.29, 1.82) is 0 Å². The molecule has 0 atom stereocenters. The minimum absolute atomic E-state index is 0.0393. The Hall–Kier alpha value is -2.07. The number of hydrogen-bond donors (Lipinski definition) is 1. The molecule has 0 amide bonds. The number of nitrogens with zero attached hydrogens (tertiary/aromatic N) is 1. The lowest BCUT2D eigenvalue weighted by molar-refractivity contribution is -0.136. The second-order valence-corrected chi connectivity index (χ2v) is 4.88. The standard InChI is InChI=1S/C15H14ClNO3/c1-17-10(7-9-14(18)19)6-8-13(17)15(20)11-4-2-3-5-12(11)16/h2-6,8H,7,9H2,1H3,(H,18,19). The lowest BCUT2D eigenvalue weighted by Gasteiger charge is -2.07. The van der Waals surface area contributed by atoms with Crippen molar-refractivity contribution < 1.29 is 14.7 Å². The van der Waals surface area contributed by atoms with Crippen LogP contribution in [0.15, 0.2) is 36.4 Å². The van der Waals surface area contributed by atoms with Crippen LogP contribution < -0.4 is 0 Å². The number of aryl methyl sites for hydroxylation is 1. The first-order chi connectivity index (χ1) is 9.50. The fourth-order valence-corrected chi connectivity index (χ4v) is 2.27. The number of hydrogen-bond acceptors (Lipinski definition) is 2. The quantitative estimate of drug-likeness (QED) is 0.862. The van der Waals surface area contributed by atoms with Crippen molar-refractivity contribution in [1.82, 2.24) is 4.57 Å². The summed E-state index contributed by atoms with van der Waals surface area (Å²) >= 11 is 6.02. The first kappa shape index (κ1) is 14.3. The van der Waals surface area contributed by atoms with Gasteiger partial charge in [0.2, 0.25) is 5.78 Å². The van der Waals surface area contributed by atoms with Crippen molar-refractivity contribution in [3.8, 4) is 0 Å². The fourth-order valence-electron chi connectivity index (χ4n) is 2.05. The highest BCUT2D eigenvalue weighted by molar-refractivity contribution is 6.34. The molecule has 5 heteroatoms. The summed E-state index contributed by atoms with van der Waals surface area (Å²) < 4.78 is 1.72. The topological polar surface area (TPSA) is 59.3 Å². The van der Waals surface area contributed by atoms with Crippen LogP contribution in [0.1, 0.15) is 28.2 Å². The van der Waals surface area contributed by atoms with Gasteiger partial charge in [-0.1, -0.05) is 23.7 Å². The zero-order chi connectivity index (χ0) is 14.7. The van der Waals surface area contributed by atoms with Crippen LogP contribution in [0.4, 0.5) is 0 Å². The predicted octanol–water partition coefficient (Wildman–Crippen LogP) is 2.93. The second-order valence-electron chi connectivity index (χ2n) is 4.47. The third kappa shape index (κ3) is 2.91. The van der Waals surface area contributed by atoms with E-state index in [0.29, 0.717) is 22.7 Å². The van der Waals surface area contributed by atoms with Gasteiger partial charge in [-0.2, -0.15) is 0 Å². The van der Waals surface area contributed by atoms with Crippen LogP contribution in [0.2, 0.25) is 5.02 Å². The number of carbonyl (C=O) groups is 2. The van der Waals surface area contributed by atoms with E-state index in [-0.39, 0.29) is 12.2 Å². The Kier molecular flexibility index (Phi) is 4.25. The molecular weight excluding hydrogens is 278 g/mol. The van der Waals surface area contributed by atoms with Gasteiger partial charge in [-0.05, 0) is 30.7 Å². The van der Waals surface area contributed by atoms with E-state index in [1.807, 2.05) is 0 Å². The third-order valence-electron chi connectivity index (χ3n) is 3.17. The van der Waals surface area contributed by atoms with E-state index in [9.17, 15) is 9.59 Å². The molecule has 104 valence electrons. The van der Waals surface area contributed by atoms with Gasteiger partial charge in [-0.3, -0.25) is 9.59 Å². The number of carbonyl (C=O) groups excluding carboxylic acids is 1. The normalized spacial score (nSPS) is 10.5. The van der Waals surface area contributed by atoms with Crippen LogP contribution in [0, 0.1) is 0 Å². The first-order valence-electron chi connectivity index (χ1n) is 6.16. The zero-order valence-corrected chi connectivity index (χ0v) is 11.7. The molecule has 0 unspecified atom stereocenters. The molecule has 2 rings (SSSR count). The maximum absolute atomic E-state index is 12.4. The summed E-state index contributed by atoms with van der Waals surface area (Å²) in [5, 5.41) is 9.11. The van der Waals surface area contributed by atoms with E-state index in [0.717, 1.165) is 5.69 Å². The van der Waals surface area contributed by atoms with Gasteiger partial charge in [0.15, 0.2) is 0 Å². The highest BCUT2D eigenvalue weighted by atomic mass is 35.5. The molecule has 1 heterocycles. The maximum atomic E-state index is 12.4. The van der Waals surface area contributed by atoms with Crippen LogP contribution in [0.5, 0.6) is 0 Å². The number of ketones is 1. The number of carboxylic acid groups (broad SMARTS) is 1. The summed E-state index contributed by atoms with van der Waals surface area (Å²) in [4.78, 5) is 23.0. The molecule has 0 saturated heterocycles. The van der Waals surface area contributed by atoms with E-state index >= 15 is 0 Å². The monoisotopic (exact) mass is 291 g/mol. The van der Waals surface area contributed by atoms with E-state index in [1.165, 1.54) is 0 Å². The molecule has 0 radical (unpaired) electrons. The Morgan fingerprint density at radius 3 is 2.55 bits per heavy atom. The van der Waals surface area contributed by atoms with Crippen molar-refractivity contribution in [3.05, 3.63) is 58.4 Å². The Labute approximate surface area is 121 Å². The number of aliphatic carboxylic acids is 1. The average Bonchev–Trinajstić information content (AvgIpc) is 2.77. The third-order valence-corrected chi connectivity index (χ3v) is 3.50. The number of benzene rings is 1. The lowest BCUT2D eigenvalue weighted by Crippen LogP contribution is -2.10. The average molecular weight is 292 g/mol. The SMILES string of the molecule is Cn1c(CCC(=O)O)ccc1C(=O)c1ccccc1Cl.